The maximum atomic E-state index is 6.33. The number of nitrogens with one attached hydrogen (secondary N) is 1. The molecule has 0 amide bonds. The monoisotopic (exact) mass is 259 g/mol. The van der Waals surface area contributed by atoms with Crippen LogP contribution in [0.2, 0.25) is 0 Å². The molecule has 19 heavy (non-hydrogen) atoms. The lowest BCUT2D eigenvalue weighted by Crippen LogP contribution is -2.36. The van der Waals surface area contributed by atoms with Crippen LogP contribution >= 0.6 is 0 Å². The van der Waals surface area contributed by atoms with Crippen LogP contribution in [0.25, 0.3) is 0 Å². The summed E-state index contributed by atoms with van der Waals surface area (Å²) < 4.78 is 6.33. The first-order valence-corrected chi connectivity index (χ1v) is 7.70. The molecule has 1 heterocycles. The van der Waals surface area contributed by atoms with Crippen LogP contribution < -0.4 is 10.1 Å². The van der Waals surface area contributed by atoms with Gasteiger partial charge in [-0.3, -0.25) is 0 Å². The van der Waals surface area contributed by atoms with E-state index in [1.54, 1.807) is 0 Å². The van der Waals surface area contributed by atoms with Crippen molar-refractivity contribution in [1.29, 1.82) is 0 Å². The van der Waals surface area contributed by atoms with Crippen LogP contribution in [0.5, 0.6) is 5.75 Å². The summed E-state index contributed by atoms with van der Waals surface area (Å²) in [5.41, 5.74) is 2.75. The summed E-state index contributed by atoms with van der Waals surface area (Å²) in [6.07, 6.45) is 7.36. The zero-order valence-electron chi connectivity index (χ0n) is 12.2. The van der Waals surface area contributed by atoms with E-state index < -0.39 is 0 Å². The Morgan fingerprint density at radius 2 is 2.05 bits per heavy atom. The molecule has 1 aliphatic carbocycles. The first-order valence-electron chi connectivity index (χ1n) is 7.70. The van der Waals surface area contributed by atoms with Crippen molar-refractivity contribution >= 4 is 5.69 Å². The Kier molecular flexibility index (Phi) is 3.42. The van der Waals surface area contributed by atoms with E-state index in [1.807, 2.05) is 0 Å². The third-order valence-electron chi connectivity index (χ3n) is 4.71. The van der Waals surface area contributed by atoms with E-state index in [9.17, 15) is 0 Å². The molecule has 1 saturated carbocycles. The average molecular weight is 259 g/mol. The van der Waals surface area contributed by atoms with E-state index in [1.165, 1.54) is 49.8 Å². The lowest BCUT2D eigenvalue weighted by atomic mass is 9.80. The molecule has 0 aromatic heterocycles. The number of hydrogen-bond donors (Lipinski definition) is 1. The smallest absolute Gasteiger partial charge is 0.120 e. The largest absolute Gasteiger partial charge is 0.488 e. The predicted molar refractivity (Wildman–Crippen MR) is 79.9 cm³/mol. The fourth-order valence-electron chi connectivity index (χ4n) is 3.27. The lowest BCUT2D eigenvalue weighted by Gasteiger charge is -2.37. The van der Waals surface area contributed by atoms with Gasteiger partial charge < -0.3 is 10.1 Å². The van der Waals surface area contributed by atoms with Crippen molar-refractivity contribution in [3.63, 3.8) is 0 Å². The second-order valence-electron chi connectivity index (χ2n) is 6.58. The molecule has 0 saturated heterocycles. The van der Waals surface area contributed by atoms with Crippen LogP contribution in [0.15, 0.2) is 18.2 Å². The minimum atomic E-state index is 0.0445. The molecule has 1 fully saturated rings. The van der Waals surface area contributed by atoms with Crippen LogP contribution in [0.3, 0.4) is 0 Å². The van der Waals surface area contributed by atoms with E-state index in [0.717, 1.165) is 18.2 Å². The van der Waals surface area contributed by atoms with E-state index in [0.29, 0.717) is 0 Å². The van der Waals surface area contributed by atoms with Crippen LogP contribution in [-0.2, 0) is 6.42 Å². The molecular weight excluding hydrogens is 234 g/mol. The van der Waals surface area contributed by atoms with Crippen molar-refractivity contribution < 1.29 is 4.74 Å². The SMILES string of the molecule is CC1CCC(C)(Oc2ccc3c(c2)CCCN3)CC1. The molecule has 104 valence electrons. The molecule has 2 aliphatic rings. The highest BCUT2D eigenvalue weighted by Gasteiger charge is 2.31. The second-order valence-corrected chi connectivity index (χ2v) is 6.58. The van der Waals surface area contributed by atoms with Gasteiger partial charge in [0.25, 0.3) is 0 Å². The first kappa shape index (κ1) is 12.8. The molecule has 2 nitrogen and oxygen atoms in total. The molecule has 1 N–H and O–H groups in total. The van der Waals surface area contributed by atoms with Crippen molar-refractivity contribution in [2.24, 2.45) is 5.92 Å². The Morgan fingerprint density at radius 1 is 1.26 bits per heavy atom. The summed E-state index contributed by atoms with van der Waals surface area (Å²) in [6, 6.07) is 6.55. The zero-order valence-corrected chi connectivity index (χ0v) is 12.2. The molecule has 2 heteroatoms. The molecule has 0 bridgehead atoms. The van der Waals surface area contributed by atoms with Gasteiger partial charge >= 0.3 is 0 Å². The van der Waals surface area contributed by atoms with Gasteiger partial charge in [-0.15, -0.1) is 0 Å². The second kappa shape index (κ2) is 5.07. The summed E-state index contributed by atoms with van der Waals surface area (Å²) in [7, 11) is 0. The lowest BCUT2D eigenvalue weighted by molar-refractivity contribution is 0.0353. The highest BCUT2D eigenvalue weighted by atomic mass is 16.5. The summed E-state index contributed by atoms with van der Waals surface area (Å²) in [5, 5.41) is 3.45. The van der Waals surface area contributed by atoms with Gasteiger partial charge in [0.05, 0.1) is 0 Å². The van der Waals surface area contributed by atoms with Gasteiger partial charge in [-0.1, -0.05) is 6.92 Å². The Bertz CT molecular complexity index is 447. The molecule has 0 spiro atoms. The molecule has 0 radical (unpaired) electrons. The Hall–Kier alpha value is -1.18. The van der Waals surface area contributed by atoms with E-state index in [2.05, 4.69) is 37.4 Å². The van der Waals surface area contributed by atoms with Gasteiger partial charge in [0.2, 0.25) is 0 Å². The van der Waals surface area contributed by atoms with Gasteiger partial charge in [0.15, 0.2) is 0 Å². The third kappa shape index (κ3) is 2.88. The number of rotatable bonds is 2. The third-order valence-corrected chi connectivity index (χ3v) is 4.71. The Balaban J connectivity index is 1.72. The van der Waals surface area contributed by atoms with Crippen LogP contribution in [0.1, 0.15) is 51.5 Å². The molecule has 3 rings (SSSR count). The zero-order chi connectivity index (χ0) is 13.3. The number of hydrogen-bond acceptors (Lipinski definition) is 2. The van der Waals surface area contributed by atoms with Crippen molar-refractivity contribution in [1.82, 2.24) is 0 Å². The van der Waals surface area contributed by atoms with Crippen LogP contribution in [0.4, 0.5) is 5.69 Å². The molecule has 1 aromatic carbocycles. The minimum absolute atomic E-state index is 0.0445. The van der Waals surface area contributed by atoms with Crippen molar-refractivity contribution in [2.75, 3.05) is 11.9 Å². The maximum absolute atomic E-state index is 6.33. The normalized spacial score (nSPS) is 30.3. The molecular formula is C17H25NO. The van der Waals surface area contributed by atoms with Crippen molar-refractivity contribution in [3.8, 4) is 5.75 Å². The van der Waals surface area contributed by atoms with Crippen LogP contribution in [0, 0.1) is 5.92 Å². The van der Waals surface area contributed by atoms with E-state index in [4.69, 9.17) is 4.74 Å². The van der Waals surface area contributed by atoms with Crippen molar-refractivity contribution in [3.05, 3.63) is 23.8 Å². The highest BCUT2D eigenvalue weighted by Crippen LogP contribution is 2.36. The summed E-state index contributed by atoms with van der Waals surface area (Å²) >= 11 is 0. The molecule has 0 unspecified atom stereocenters. The molecule has 1 aromatic rings. The van der Waals surface area contributed by atoms with E-state index >= 15 is 0 Å². The molecule has 1 aliphatic heterocycles. The first-order chi connectivity index (χ1) is 9.15. The summed E-state index contributed by atoms with van der Waals surface area (Å²) in [6.45, 7) is 5.73. The average Bonchev–Trinajstić information content (AvgIpc) is 2.42. The van der Waals surface area contributed by atoms with Gasteiger partial charge in [-0.05, 0) is 75.1 Å². The van der Waals surface area contributed by atoms with Crippen molar-refractivity contribution in [2.45, 2.75) is 58.0 Å². The fourth-order valence-corrected chi connectivity index (χ4v) is 3.27. The van der Waals surface area contributed by atoms with Gasteiger partial charge in [0.1, 0.15) is 11.4 Å². The number of benzene rings is 1. The Morgan fingerprint density at radius 3 is 2.84 bits per heavy atom. The topological polar surface area (TPSA) is 21.3 Å². The highest BCUT2D eigenvalue weighted by molar-refractivity contribution is 5.55. The standard InChI is InChI=1S/C17H25NO/c1-13-7-9-17(2,10-8-13)19-15-5-6-16-14(12-15)4-3-11-18-16/h5-6,12-13,18H,3-4,7-11H2,1-2H3. The number of ether oxygens (including phenoxy) is 1. The Labute approximate surface area is 116 Å². The van der Waals surface area contributed by atoms with Crippen LogP contribution in [-0.4, -0.2) is 12.1 Å². The number of aryl methyl sites for hydroxylation is 1. The summed E-state index contributed by atoms with van der Waals surface area (Å²) in [4.78, 5) is 0. The number of fused-ring (bicyclic) bond motifs is 1. The van der Waals surface area contributed by atoms with Gasteiger partial charge in [-0.2, -0.15) is 0 Å². The fraction of sp³-hybridized carbons (Fsp3) is 0.647. The molecule has 0 atom stereocenters. The predicted octanol–water partition coefficient (Wildman–Crippen LogP) is 4.39. The van der Waals surface area contributed by atoms with E-state index in [-0.39, 0.29) is 5.60 Å². The summed E-state index contributed by atoms with van der Waals surface area (Å²) in [5.74, 6) is 1.92. The van der Waals surface area contributed by atoms with Gasteiger partial charge in [-0.25, -0.2) is 0 Å². The van der Waals surface area contributed by atoms with Gasteiger partial charge in [0, 0.05) is 12.2 Å². The minimum Gasteiger partial charge on any atom is -0.488 e. The quantitative estimate of drug-likeness (QED) is 0.850. The maximum Gasteiger partial charge on any atom is 0.120 e. The number of anilines is 1.